The van der Waals surface area contributed by atoms with Gasteiger partial charge in [0, 0.05) is 17.7 Å². The minimum atomic E-state index is -0.425. The van der Waals surface area contributed by atoms with Gasteiger partial charge in [-0.15, -0.1) is 0 Å². The lowest BCUT2D eigenvalue weighted by Gasteiger charge is -2.09. The van der Waals surface area contributed by atoms with Crippen LogP contribution in [0.1, 0.15) is 25.7 Å². The number of hydrogen-bond donors (Lipinski definition) is 0. The van der Waals surface area contributed by atoms with Gasteiger partial charge in [-0.2, -0.15) is 0 Å². The van der Waals surface area contributed by atoms with Crippen molar-refractivity contribution in [1.82, 2.24) is 0 Å². The third-order valence-electron chi connectivity index (χ3n) is 2.71. The maximum Gasteiger partial charge on any atom is 0.269 e. The normalized spacial score (nSPS) is 25.9. The summed E-state index contributed by atoms with van der Waals surface area (Å²) in [6, 6.07) is 6.23. The van der Waals surface area contributed by atoms with Gasteiger partial charge >= 0.3 is 0 Å². The van der Waals surface area contributed by atoms with E-state index in [-0.39, 0.29) is 17.9 Å². The number of hydrogen-bond acceptors (Lipinski definition) is 4. The van der Waals surface area contributed by atoms with Gasteiger partial charge in [0.2, 0.25) is 0 Å². The van der Waals surface area contributed by atoms with Gasteiger partial charge in [0.25, 0.3) is 5.69 Å². The zero-order valence-corrected chi connectivity index (χ0v) is 9.12. The largest absolute Gasteiger partial charge is 0.343 e. The number of nitro groups is 1. The summed E-state index contributed by atoms with van der Waals surface area (Å²) in [6.07, 6.45) is -0.328. The van der Waals surface area contributed by atoms with Gasteiger partial charge < -0.3 is 9.47 Å². The first-order chi connectivity index (χ1) is 7.58. The summed E-state index contributed by atoms with van der Waals surface area (Å²) in [5, 5.41) is 10.5. The second-order valence-electron chi connectivity index (χ2n) is 3.86. The Labute approximate surface area is 93.1 Å². The molecular weight excluding hydrogens is 210 g/mol. The average Bonchev–Trinajstić information content (AvgIpc) is 2.59. The molecule has 2 atom stereocenters. The van der Waals surface area contributed by atoms with Crippen LogP contribution < -0.4 is 0 Å². The Morgan fingerprint density at radius 1 is 1.12 bits per heavy atom. The molecule has 0 amide bonds. The lowest BCUT2D eigenvalue weighted by Crippen LogP contribution is -2.13. The first kappa shape index (κ1) is 11.0. The van der Waals surface area contributed by atoms with E-state index in [1.807, 2.05) is 13.8 Å². The molecule has 0 bridgehead atoms. The number of benzene rings is 1. The maximum absolute atomic E-state index is 10.5. The molecule has 16 heavy (non-hydrogen) atoms. The molecule has 86 valence electrons. The molecule has 1 aliphatic heterocycles. The first-order valence-corrected chi connectivity index (χ1v) is 5.13. The Morgan fingerprint density at radius 2 is 1.62 bits per heavy atom. The van der Waals surface area contributed by atoms with Gasteiger partial charge in [0.1, 0.15) is 0 Å². The lowest BCUT2D eigenvalue weighted by atomic mass is 10.2. The number of nitrogens with zero attached hydrogens (tertiary/aromatic N) is 1. The van der Waals surface area contributed by atoms with E-state index >= 15 is 0 Å². The summed E-state index contributed by atoms with van der Waals surface area (Å²) in [7, 11) is 0. The number of rotatable bonds is 2. The number of nitro benzene ring substituents is 1. The smallest absolute Gasteiger partial charge is 0.269 e. The third-order valence-corrected chi connectivity index (χ3v) is 2.71. The van der Waals surface area contributed by atoms with Crippen molar-refractivity contribution in [1.29, 1.82) is 0 Å². The van der Waals surface area contributed by atoms with Gasteiger partial charge in [-0.1, -0.05) is 0 Å². The first-order valence-electron chi connectivity index (χ1n) is 5.13. The van der Waals surface area contributed by atoms with E-state index in [1.165, 1.54) is 12.1 Å². The molecular formula is C11H13NO4. The topological polar surface area (TPSA) is 61.6 Å². The molecule has 1 aliphatic rings. The molecule has 2 rings (SSSR count). The Hall–Kier alpha value is -1.46. The molecule has 0 aliphatic carbocycles. The number of non-ortho nitro benzene ring substituents is 1. The van der Waals surface area contributed by atoms with E-state index in [4.69, 9.17) is 9.47 Å². The van der Waals surface area contributed by atoms with E-state index in [0.29, 0.717) is 0 Å². The fourth-order valence-corrected chi connectivity index (χ4v) is 1.55. The average molecular weight is 223 g/mol. The van der Waals surface area contributed by atoms with Crippen molar-refractivity contribution in [3.63, 3.8) is 0 Å². The Balaban J connectivity index is 2.14. The van der Waals surface area contributed by atoms with Crippen LogP contribution in [0.2, 0.25) is 0 Å². The van der Waals surface area contributed by atoms with Crippen LogP contribution in [0.4, 0.5) is 5.69 Å². The Kier molecular flexibility index (Phi) is 2.89. The van der Waals surface area contributed by atoms with Gasteiger partial charge in [0.15, 0.2) is 6.29 Å². The molecule has 0 aromatic heterocycles. The van der Waals surface area contributed by atoms with E-state index in [1.54, 1.807) is 12.1 Å². The molecule has 0 saturated carbocycles. The SMILES string of the molecule is C[C@H]1OC(c2ccc([N+](=O)[O-])cc2)O[C@@H]1C. The summed E-state index contributed by atoms with van der Waals surface area (Å²) < 4.78 is 11.1. The van der Waals surface area contributed by atoms with Crippen LogP contribution in [-0.4, -0.2) is 17.1 Å². The third kappa shape index (κ3) is 2.05. The van der Waals surface area contributed by atoms with Crippen molar-refractivity contribution in [3.05, 3.63) is 39.9 Å². The highest BCUT2D eigenvalue weighted by Crippen LogP contribution is 2.31. The Morgan fingerprint density at radius 3 is 2.06 bits per heavy atom. The molecule has 1 aromatic rings. The molecule has 1 saturated heterocycles. The second-order valence-corrected chi connectivity index (χ2v) is 3.86. The highest BCUT2D eigenvalue weighted by Gasteiger charge is 2.30. The van der Waals surface area contributed by atoms with Crippen molar-refractivity contribution in [3.8, 4) is 0 Å². The second kappa shape index (κ2) is 4.19. The van der Waals surface area contributed by atoms with Crippen LogP contribution in [-0.2, 0) is 9.47 Å². The quantitative estimate of drug-likeness (QED) is 0.570. The zero-order valence-electron chi connectivity index (χ0n) is 9.12. The molecule has 1 fully saturated rings. The van der Waals surface area contributed by atoms with Crippen molar-refractivity contribution >= 4 is 5.69 Å². The Bertz CT molecular complexity index is 379. The minimum Gasteiger partial charge on any atom is -0.343 e. The van der Waals surface area contributed by atoms with E-state index in [2.05, 4.69) is 0 Å². The highest BCUT2D eigenvalue weighted by molar-refractivity contribution is 5.33. The molecule has 0 unspecified atom stereocenters. The van der Waals surface area contributed by atoms with E-state index in [0.717, 1.165) is 5.56 Å². The fraction of sp³-hybridized carbons (Fsp3) is 0.455. The standard InChI is InChI=1S/C11H13NO4/c1-7-8(2)16-11(15-7)9-3-5-10(6-4-9)12(13)14/h3-8,11H,1-2H3/t7-,8-/m1/s1. The molecule has 5 heteroatoms. The van der Waals surface area contributed by atoms with Crippen molar-refractivity contribution in [2.24, 2.45) is 0 Å². The van der Waals surface area contributed by atoms with Gasteiger partial charge in [-0.05, 0) is 26.0 Å². The van der Waals surface area contributed by atoms with Crippen LogP contribution in [0.5, 0.6) is 0 Å². The molecule has 1 aromatic carbocycles. The zero-order chi connectivity index (χ0) is 11.7. The molecule has 0 radical (unpaired) electrons. The molecule has 0 N–H and O–H groups in total. The highest BCUT2D eigenvalue weighted by atomic mass is 16.7. The summed E-state index contributed by atoms with van der Waals surface area (Å²) in [5.41, 5.74) is 0.879. The fourth-order valence-electron chi connectivity index (χ4n) is 1.55. The monoisotopic (exact) mass is 223 g/mol. The van der Waals surface area contributed by atoms with Gasteiger partial charge in [-0.25, -0.2) is 0 Å². The minimum absolute atomic E-state index is 0.0418. The van der Waals surface area contributed by atoms with Gasteiger partial charge in [0.05, 0.1) is 17.1 Å². The summed E-state index contributed by atoms with van der Waals surface area (Å²) in [4.78, 5) is 10.1. The molecule has 0 spiro atoms. The summed E-state index contributed by atoms with van der Waals surface area (Å²) in [5.74, 6) is 0. The van der Waals surface area contributed by atoms with E-state index in [9.17, 15) is 10.1 Å². The predicted molar refractivity (Wildman–Crippen MR) is 56.9 cm³/mol. The van der Waals surface area contributed by atoms with Crippen LogP contribution in [0.3, 0.4) is 0 Å². The van der Waals surface area contributed by atoms with E-state index < -0.39 is 11.2 Å². The van der Waals surface area contributed by atoms with Gasteiger partial charge in [-0.3, -0.25) is 10.1 Å². The van der Waals surface area contributed by atoms with Crippen molar-refractivity contribution in [2.45, 2.75) is 32.3 Å². The number of ether oxygens (including phenoxy) is 2. The van der Waals surface area contributed by atoms with Crippen LogP contribution >= 0.6 is 0 Å². The molecule has 1 heterocycles. The predicted octanol–water partition coefficient (Wildman–Crippen LogP) is 2.42. The lowest BCUT2D eigenvalue weighted by molar-refractivity contribution is -0.384. The summed E-state index contributed by atoms with van der Waals surface area (Å²) >= 11 is 0. The van der Waals surface area contributed by atoms with Crippen molar-refractivity contribution < 1.29 is 14.4 Å². The van der Waals surface area contributed by atoms with Crippen LogP contribution in [0.15, 0.2) is 24.3 Å². The summed E-state index contributed by atoms with van der Waals surface area (Å²) in [6.45, 7) is 3.88. The van der Waals surface area contributed by atoms with Crippen LogP contribution in [0, 0.1) is 10.1 Å². The van der Waals surface area contributed by atoms with Crippen molar-refractivity contribution in [2.75, 3.05) is 0 Å². The maximum atomic E-state index is 10.5. The van der Waals surface area contributed by atoms with Crippen LogP contribution in [0.25, 0.3) is 0 Å². The molecule has 5 nitrogen and oxygen atoms in total.